The van der Waals surface area contributed by atoms with E-state index in [0.717, 1.165) is 51.4 Å². The van der Waals surface area contributed by atoms with Crippen LogP contribution in [0.15, 0.2) is 60.1 Å². The van der Waals surface area contributed by atoms with E-state index in [9.17, 15) is 9.59 Å². The zero-order valence-electron chi connectivity index (χ0n) is 20.9. The molecule has 3 aromatic rings. The van der Waals surface area contributed by atoms with E-state index in [1.54, 1.807) is 11.1 Å². The third-order valence-corrected chi connectivity index (χ3v) is 7.66. The van der Waals surface area contributed by atoms with Crippen LogP contribution < -0.4 is 15.5 Å². The molecule has 0 radical (unpaired) electrons. The zero-order chi connectivity index (χ0) is 25.5. The van der Waals surface area contributed by atoms with Gasteiger partial charge in [0.1, 0.15) is 5.82 Å². The molecule has 0 spiro atoms. The monoisotopic (exact) mass is 519 g/mol. The van der Waals surface area contributed by atoms with Gasteiger partial charge in [-0.15, -0.1) is 11.3 Å². The van der Waals surface area contributed by atoms with Crippen molar-refractivity contribution in [3.63, 3.8) is 0 Å². The van der Waals surface area contributed by atoms with E-state index in [-0.39, 0.29) is 24.4 Å². The van der Waals surface area contributed by atoms with E-state index in [2.05, 4.69) is 54.7 Å². The molecule has 2 N–H and O–H groups in total. The second-order valence-electron chi connectivity index (χ2n) is 9.52. The maximum atomic E-state index is 12.7. The molecule has 0 bridgehead atoms. The van der Waals surface area contributed by atoms with E-state index in [1.165, 1.54) is 16.9 Å². The molecule has 9 nitrogen and oxygen atoms in total. The van der Waals surface area contributed by atoms with Crippen LogP contribution in [0.4, 0.5) is 15.7 Å². The number of likely N-dealkylation sites (tertiary alicyclic amines) is 1. The Balaban J connectivity index is 1.02. The van der Waals surface area contributed by atoms with Crippen LogP contribution in [0.25, 0.3) is 0 Å². The van der Waals surface area contributed by atoms with Crippen molar-refractivity contribution in [1.82, 2.24) is 25.1 Å². The van der Waals surface area contributed by atoms with Crippen molar-refractivity contribution in [2.75, 3.05) is 49.5 Å². The van der Waals surface area contributed by atoms with Gasteiger partial charge in [-0.1, -0.05) is 36.4 Å². The number of amides is 3. The number of hydrogen-bond acceptors (Lipinski definition) is 7. The molecule has 194 valence electrons. The predicted octanol–water partition coefficient (Wildman–Crippen LogP) is 3.22. The van der Waals surface area contributed by atoms with Crippen molar-refractivity contribution in [1.29, 1.82) is 0 Å². The van der Waals surface area contributed by atoms with Crippen molar-refractivity contribution in [2.45, 2.75) is 31.8 Å². The fourth-order valence-corrected chi connectivity index (χ4v) is 5.52. The summed E-state index contributed by atoms with van der Waals surface area (Å²) in [7, 11) is 0. The van der Waals surface area contributed by atoms with E-state index < -0.39 is 0 Å². The van der Waals surface area contributed by atoms with Crippen LogP contribution >= 0.6 is 11.3 Å². The summed E-state index contributed by atoms with van der Waals surface area (Å²) in [6, 6.07) is 16.4. The molecule has 4 heterocycles. The second-order valence-corrected chi connectivity index (χ2v) is 10.4. The number of nitrogens with one attached hydrogen (secondary N) is 2. The summed E-state index contributed by atoms with van der Waals surface area (Å²) in [6.45, 7) is 5.61. The Morgan fingerprint density at radius 2 is 1.70 bits per heavy atom. The molecule has 0 saturated carbocycles. The second kappa shape index (κ2) is 12.2. The summed E-state index contributed by atoms with van der Waals surface area (Å²) < 4.78 is 0. The van der Waals surface area contributed by atoms with Crippen LogP contribution in [0, 0.1) is 0 Å². The van der Waals surface area contributed by atoms with Crippen LogP contribution in [0.1, 0.15) is 24.1 Å². The first-order chi connectivity index (χ1) is 18.1. The highest BCUT2D eigenvalue weighted by Crippen LogP contribution is 2.19. The quantitative estimate of drug-likeness (QED) is 0.498. The smallest absolute Gasteiger partial charge is 0.323 e. The number of pyridine rings is 1. The number of rotatable bonds is 7. The number of anilines is 2. The van der Waals surface area contributed by atoms with E-state index >= 15 is 0 Å². The lowest BCUT2D eigenvalue weighted by molar-refractivity contribution is -0.121. The number of aromatic nitrogens is 2. The third kappa shape index (κ3) is 7.05. The summed E-state index contributed by atoms with van der Waals surface area (Å²) in [6.07, 6.45) is 3.90. The Kier molecular flexibility index (Phi) is 8.27. The highest BCUT2D eigenvalue weighted by atomic mass is 32.1. The number of thiazole rings is 1. The fraction of sp³-hybridized carbons (Fsp3) is 0.407. The normalized spacial score (nSPS) is 17.0. The van der Waals surface area contributed by atoms with Gasteiger partial charge in [0.2, 0.25) is 5.91 Å². The third-order valence-electron chi connectivity index (χ3n) is 6.85. The minimum Gasteiger partial charge on any atom is -0.353 e. The van der Waals surface area contributed by atoms with Gasteiger partial charge in [0.25, 0.3) is 0 Å². The molecule has 0 unspecified atom stereocenters. The number of carbonyl (C=O) groups excluding carboxylic acids is 2. The predicted molar refractivity (Wildman–Crippen MR) is 146 cm³/mol. The first-order valence-electron chi connectivity index (χ1n) is 12.8. The van der Waals surface area contributed by atoms with Crippen LogP contribution in [0.2, 0.25) is 0 Å². The lowest BCUT2D eigenvalue weighted by atomic mass is 10.0. The average molecular weight is 520 g/mol. The average Bonchev–Trinajstić information content (AvgIpc) is 3.37. The van der Waals surface area contributed by atoms with Gasteiger partial charge in [0, 0.05) is 63.4 Å². The zero-order valence-corrected chi connectivity index (χ0v) is 21.7. The summed E-state index contributed by atoms with van der Waals surface area (Å²) >= 11 is 1.35. The Morgan fingerprint density at radius 3 is 2.43 bits per heavy atom. The van der Waals surface area contributed by atoms with Gasteiger partial charge in [-0.3, -0.25) is 15.0 Å². The maximum absolute atomic E-state index is 12.7. The molecule has 2 aliphatic heterocycles. The molecular weight excluding hydrogens is 486 g/mol. The summed E-state index contributed by atoms with van der Waals surface area (Å²) in [4.78, 5) is 40.6. The molecular formula is C27H33N7O2S. The summed E-state index contributed by atoms with van der Waals surface area (Å²) in [5, 5.41) is 8.42. The fourth-order valence-electron chi connectivity index (χ4n) is 4.82. The highest BCUT2D eigenvalue weighted by molar-refractivity contribution is 7.13. The topological polar surface area (TPSA) is 93.7 Å². The number of urea groups is 1. The molecule has 5 rings (SSSR count). The van der Waals surface area contributed by atoms with Gasteiger partial charge in [-0.2, -0.15) is 0 Å². The molecule has 2 saturated heterocycles. The van der Waals surface area contributed by atoms with Crippen molar-refractivity contribution >= 4 is 34.2 Å². The molecule has 3 amide bonds. The van der Waals surface area contributed by atoms with Crippen LogP contribution in [0.3, 0.4) is 0 Å². The molecule has 0 atom stereocenters. The Morgan fingerprint density at radius 1 is 0.946 bits per heavy atom. The highest BCUT2D eigenvalue weighted by Gasteiger charge is 2.23. The van der Waals surface area contributed by atoms with Crippen molar-refractivity contribution in [2.24, 2.45) is 0 Å². The van der Waals surface area contributed by atoms with Crippen LogP contribution in [0.5, 0.6) is 0 Å². The molecule has 0 aliphatic carbocycles. The Labute approximate surface area is 221 Å². The van der Waals surface area contributed by atoms with Gasteiger partial charge in [-0.25, -0.2) is 14.8 Å². The van der Waals surface area contributed by atoms with Gasteiger partial charge in [0.15, 0.2) is 5.13 Å². The van der Waals surface area contributed by atoms with Crippen molar-refractivity contribution < 1.29 is 9.59 Å². The summed E-state index contributed by atoms with van der Waals surface area (Å²) in [5.74, 6) is 0.915. The van der Waals surface area contributed by atoms with Gasteiger partial charge < -0.3 is 15.1 Å². The Bertz CT molecular complexity index is 1160. The first-order valence-corrected chi connectivity index (χ1v) is 13.7. The molecule has 1 aromatic carbocycles. The SMILES string of the molecule is O=C(Cc1csc(NC(=O)N2CCN(c3ccccn3)CC2)n1)NC1CCN(Cc2ccccc2)CC1. The lowest BCUT2D eigenvalue weighted by Crippen LogP contribution is -2.50. The number of piperidine rings is 1. The number of carbonyl (C=O) groups is 2. The number of piperazine rings is 1. The van der Waals surface area contributed by atoms with E-state index in [4.69, 9.17) is 0 Å². The van der Waals surface area contributed by atoms with Crippen LogP contribution in [-0.4, -0.2) is 77.0 Å². The van der Waals surface area contributed by atoms with E-state index in [1.807, 2.05) is 29.6 Å². The molecule has 37 heavy (non-hydrogen) atoms. The molecule has 10 heteroatoms. The van der Waals surface area contributed by atoms with Crippen LogP contribution in [-0.2, 0) is 17.8 Å². The van der Waals surface area contributed by atoms with Crippen molar-refractivity contribution in [3.8, 4) is 0 Å². The van der Waals surface area contributed by atoms with Gasteiger partial charge in [0.05, 0.1) is 12.1 Å². The van der Waals surface area contributed by atoms with Gasteiger partial charge >= 0.3 is 6.03 Å². The van der Waals surface area contributed by atoms with E-state index in [0.29, 0.717) is 23.9 Å². The van der Waals surface area contributed by atoms with Crippen molar-refractivity contribution in [3.05, 3.63) is 71.4 Å². The summed E-state index contributed by atoms with van der Waals surface area (Å²) in [5.41, 5.74) is 2.00. The molecule has 2 aromatic heterocycles. The minimum absolute atomic E-state index is 0.0182. The Hall–Kier alpha value is -3.50. The first kappa shape index (κ1) is 25.2. The van der Waals surface area contributed by atoms with Gasteiger partial charge in [-0.05, 0) is 30.5 Å². The standard InChI is InChI=1S/C27H33N7O2S/c35-25(29-22-9-12-32(13-10-22)19-21-6-2-1-3-7-21)18-23-20-37-26(30-23)31-27(36)34-16-14-33(15-17-34)24-8-4-5-11-28-24/h1-8,11,20,22H,9-10,12-19H2,(H,29,35)(H,30,31,36). The lowest BCUT2D eigenvalue weighted by Gasteiger charge is -2.35. The largest absolute Gasteiger partial charge is 0.353 e. The minimum atomic E-state index is -0.159. The molecule has 2 fully saturated rings. The maximum Gasteiger partial charge on any atom is 0.323 e. The number of hydrogen-bond donors (Lipinski definition) is 2. The number of benzene rings is 1. The molecule has 2 aliphatic rings. The number of nitrogens with zero attached hydrogens (tertiary/aromatic N) is 5.